The lowest BCUT2D eigenvalue weighted by molar-refractivity contribution is -0.118. The molecule has 0 heterocycles. The minimum Gasteiger partial charge on any atom is -0.383 e. The molecule has 128 valence electrons. The second-order valence-corrected chi connectivity index (χ2v) is 5.74. The molecule has 3 N–H and O–H groups in total. The lowest BCUT2D eigenvalue weighted by atomic mass is 10.1. The highest BCUT2D eigenvalue weighted by Crippen LogP contribution is 2.21. The number of rotatable bonds is 9. The van der Waals surface area contributed by atoms with Crippen LogP contribution in [0.3, 0.4) is 0 Å². The highest BCUT2D eigenvalue weighted by molar-refractivity contribution is 6.34. The number of ether oxygens (including phenoxy) is 1. The Hall–Kier alpha value is -1.63. The smallest absolute Gasteiger partial charge is 0.252 e. The fourth-order valence-corrected chi connectivity index (χ4v) is 1.93. The molecule has 0 aromatic heterocycles. The summed E-state index contributed by atoms with van der Waals surface area (Å²) in [5.74, 6) is -0.522. The Balaban J connectivity index is 2.57. The number of hydrogen-bond acceptors (Lipinski definition) is 4. The Morgan fingerprint density at radius 1 is 1.22 bits per heavy atom. The van der Waals surface area contributed by atoms with E-state index in [1.807, 2.05) is 0 Å². The SMILES string of the molecule is COCCNCCNC(=O)c1cc(NC(=O)C(C)C)ccc1Cl. The zero-order valence-electron chi connectivity index (χ0n) is 13.7. The quantitative estimate of drug-likeness (QED) is 0.599. The van der Waals surface area contributed by atoms with Gasteiger partial charge in [0.15, 0.2) is 0 Å². The van der Waals surface area contributed by atoms with Gasteiger partial charge in [0, 0.05) is 38.3 Å². The minimum absolute atomic E-state index is 0.110. The topological polar surface area (TPSA) is 79.5 Å². The standard InChI is InChI=1S/C16H24ClN3O3/c1-11(2)15(21)20-12-4-5-14(17)13(10-12)16(22)19-7-6-18-8-9-23-3/h4-5,10-11,18H,6-9H2,1-3H3,(H,19,22)(H,20,21). The van der Waals surface area contributed by atoms with E-state index in [-0.39, 0.29) is 17.7 Å². The first kappa shape index (κ1) is 19.4. The third kappa shape index (κ3) is 6.99. The van der Waals surface area contributed by atoms with Gasteiger partial charge in [-0.1, -0.05) is 25.4 Å². The average molecular weight is 342 g/mol. The molecular weight excluding hydrogens is 318 g/mol. The fraction of sp³-hybridized carbons (Fsp3) is 0.500. The summed E-state index contributed by atoms with van der Waals surface area (Å²) in [6, 6.07) is 4.85. The van der Waals surface area contributed by atoms with Gasteiger partial charge in [0.1, 0.15) is 0 Å². The van der Waals surface area contributed by atoms with Crippen molar-refractivity contribution in [2.45, 2.75) is 13.8 Å². The Morgan fingerprint density at radius 3 is 2.61 bits per heavy atom. The lowest BCUT2D eigenvalue weighted by Gasteiger charge is -2.11. The summed E-state index contributed by atoms with van der Waals surface area (Å²) in [4.78, 5) is 23.9. The molecule has 1 aromatic carbocycles. The molecule has 0 spiro atoms. The Kier molecular flexibility index (Phi) is 8.61. The van der Waals surface area contributed by atoms with Crippen LogP contribution in [0, 0.1) is 5.92 Å². The van der Waals surface area contributed by atoms with Crippen LogP contribution in [0.5, 0.6) is 0 Å². The van der Waals surface area contributed by atoms with E-state index >= 15 is 0 Å². The van der Waals surface area contributed by atoms with Crippen molar-refractivity contribution in [3.63, 3.8) is 0 Å². The molecule has 0 aliphatic rings. The van der Waals surface area contributed by atoms with E-state index in [1.54, 1.807) is 39.2 Å². The molecule has 23 heavy (non-hydrogen) atoms. The fourth-order valence-electron chi connectivity index (χ4n) is 1.72. The third-order valence-electron chi connectivity index (χ3n) is 3.07. The van der Waals surface area contributed by atoms with Gasteiger partial charge in [-0.25, -0.2) is 0 Å². The van der Waals surface area contributed by atoms with Gasteiger partial charge in [-0.3, -0.25) is 9.59 Å². The summed E-state index contributed by atoms with van der Waals surface area (Å²) >= 11 is 6.07. The molecular formula is C16H24ClN3O3. The molecule has 1 aromatic rings. The van der Waals surface area contributed by atoms with E-state index in [4.69, 9.17) is 16.3 Å². The van der Waals surface area contributed by atoms with E-state index < -0.39 is 0 Å². The highest BCUT2D eigenvalue weighted by atomic mass is 35.5. The predicted octanol–water partition coefficient (Wildman–Crippen LogP) is 1.90. The van der Waals surface area contributed by atoms with Crippen molar-refractivity contribution >= 4 is 29.1 Å². The molecule has 0 saturated carbocycles. The summed E-state index contributed by atoms with van der Waals surface area (Å²) in [5.41, 5.74) is 0.890. The van der Waals surface area contributed by atoms with Crippen LogP contribution in [0.2, 0.25) is 5.02 Å². The number of hydrogen-bond donors (Lipinski definition) is 3. The molecule has 0 atom stereocenters. The largest absolute Gasteiger partial charge is 0.383 e. The second kappa shape index (κ2) is 10.2. The first-order chi connectivity index (χ1) is 11.0. The van der Waals surface area contributed by atoms with Crippen molar-refractivity contribution in [1.82, 2.24) is 10.6 Å². The number of benzene rings is 1. The second-order valence-electron chi connectivity index (χ2n) is 5.34. The number of anilines is 1. The van der Waals surface area contributed by atoms with Gasteiger partial charge in [-0.2, -0.15) is 0 Å². The van der Waals surface area contributed by atoms with Crippen LogP contribution >= 0.6 is 11.6 Å². The maximum absolute atomic E-state index is 12.2. The maximum Gasteiger partial charge on any atom is 0.252 e. The number of carbonyl (C=O) groups is 2. The van der Waals surface area contributed by atoms with Crippen LogP contribution in [0.15, 0.2) is 18.2 Å². The Bertz CT molecular complexity index is 535. The summed E-state index contributed by atoms with van der Waals surface area (Å²) in [6.45, 7) is 6.06. The Morgan fingerprint density at radius 2 is 1.96 bits per heavy atom. The van der Waals surface area contributed by atoms with E-state index in [1.165, 1.54) is 0 Å². The normalized spacial score (nSPS) is 10.7. The van der Waals surface area contributed by atoms with Gasteiger partial charge in [-0.15, -0.1) is 0 Å². The first-order valence-electron chi connectivity index (χ1n) is 7.54. The van der Waals surface area contributed by atoms with E-state index in [0.29, 0.717) is 36.0 Å². The number of methoxy groups -OCH3 is 1. The third-order valence-corrected chi connectivity index (χ3v) is 3.40. The van der Waals surface area contributed by atoms with Gasteiger partial charge in [0.05, 0.1) is 17.2 Å². The molecule has 1 rings (SSSR count). The summed E-state index contributed by atoms with van der Waals surface area (Å²) in [7, 11) is 1.64. The van der Waals surface area contributed by atoms with E-state index in [0.717, 1.165) is 6.54 Å². The summed E-state index contributed by atoms with van der Waals surface area (Å²) in [6.07, 6.45) is 0. The molecule has 0 aliphatic carbocycles. The van der Waals surface area contributed by atoms with Crippen molar-refractivity contribution in [3.05, 3.63) is 28.8 Å². The zero-order chi connectivity index (χ0) is 17.2. The molecule has 0 unspecified atom stereocenters. The van der Waals surface area contributed by atoms with Crippen molar-refractivity contribution in [3.8, 4) is 0 Å². The van der Waals surface area contributed by atoms with Crippen LogP contribution in [0.1, 0.15) is 24.2 Å². The van der Waals surface area contributed by atoms with Gasteiger partial charge in [0.25, 0.3) is 5.91 Å². The summed E-state index contributed by atoms with van der Waals surface area (Å²) in [5, 5.41) is 9.00. The van der Waals surface area contributed by atoms with Gasteiger partial charge < -0.3 is 20.7 Å². The first-order valence-corrected chi connectivity index (χ1v) is 7.91. The average Bonchev–Trinajstić information content (AvgIpc) is 2.52. The van der Waals surface area contributed by atoms with Crippen molar-refractivity contribution < 1.29 is 14.3 Å². The molecule has 0 fully saturated rings. The zero-order valence-corrected chi connectivity index (χ0v) is 14.5. The van der Waals surface area contributed by atoms with Crippen LogP contribution in [0.4, 0.5) is 5.69 Å². The number of nitrogens with one attached hydrogen (secondary N) is 3. The minimum atomic E-state index is -0.274. The van der Waals surface area contributed by atoms with Gasteiger partial charge in [0.2, 0.25) is 5.91 Å². The van der Waals surface area contributed by atoms with Crippen molar-refractivity contribution in [2.75, 3.05) is 38.7 Å². The lowest BCUT2D eigenvalue weighted by Crippen LogP contribution is -2.33. The number of amides is 2. The predicted molar refractivity (Wildman–Crippen MR) is 92.0 cm³/mol. The van der Waals surface area contributed by atoms with Crippen molar-refractivity contribution in [2.24, 2.45) is 5.92 Å². The van der Waals surface area contributed by atoms with Gasteiger partial charge in [-0.05, 0) is 18.2 Å². The molecule has 7 heteroatoms. The van der Waals surface area contributed by atoms with Crippen LogP contribution in [-0.2, 0) is 9.53 Å². The van der Waals surface area contributed by atoms with E-state index in [2.05, 4.69) is 16.0 Å². The molecule has 2 amide bonds. The monoisotopic (exact) mass is 341 g/mol. The highest BCUT2D eigenvalue weighted by Gasteiger charge is 2.13. The van der Waals surface area contributed by atoms with E-state index in [9.17, 15) is 9.59 Å². The molecule has 6 nitrogen and oxygen atoms in total. The summed E-state index contributed by atoms with van der Waals surface area (Å²) < 4.78 is 4.91. The van der Waals surface area contributed by atoms with Crippen LogP contribution < -0.4 is 16.0 Å². The van der Waals surface area contributed by atoms with Crippen LogP contribution in [0.25, 0.3) is 0 Å². The van der Waals surface area contributed by atoms with Gasteiger partial charge >= 0.3 is 0 Å². The number of carbonyl (C=O) groups excluding carboxylic acids is 2. The molecule has 0 bridgehead atoms. The maximum atomic E-state index is 12.2. The molecule has 0 saturated heterocycles. The Labute approximate surface area is 141 Å². The van der Waals surface area contributed by atoms with Crippen molar-refractivity contribution in [1.29, 1.82) is 0 Å². The molecule has 0 aliphatic heterocycles. The molecule has 0 radical (unpaired) electrons. The number of halogens is 1. The van der Waals surface area contributed by atoms with Crippen LogP contribution in [-0.4, -0.2) is 45.2 Å².